The largest absolute Gasteiger partial charge is 0.369 e. The van der Waals surface area contributed by atoms with Crippen LogP contribution in [-0.2, 0) is 0 Å². The Balaban J connectivity index is 2.83. The molecule has 1 aromatic carbocycles. The van der Waals surface area contributed by atoms with Crippen molar-refractivity contribution in [3.63, 3.8) is 0 Å². The van der Waals surface area contributed by atoms with Crippen LogP contribution in [0.3, 0.4) is 0 Å². The molecule has 74 valence electrons. The number of hydrogen-bond acceptors (Lipinski definition) is 2. The van der Waals surface area contributed by atoms with Gasteiger partial charge in [0.05, 0.1) is 6.21 Å². The maximum absolute atomic E-state index is 5.11. The fourth-order valence-corrected chi connectivity index (χ4v) is 1.49. The van der Waals surface area contributed by atoms with Gasteiger partial charge in [-0.1, -0.05) is 6.07 Å². The summed E-state index contributed by atoms with van der Waals surface area (Å²) in [5, 5.41) is 7.20. The van der Waals surface area contributed by atoms with E-state index in [0.717, 1.165) is 13.6 Å². The molecule has 0 aliphatic heterocycles. The van der Waals surface area contributed by atoms with Crippen molar-refractivity contribution in [1.29, 1.82) is 0 Å². The molecule has 0 amide bonds. The molecule has 0 radical (unpaired) electrons. The molecule has 14 heavy (non-hydrogen) atoms. The molecule has 0 heterocycles. The van der Waals surface area contributed by atoms with Crippen molar-refractivity contribution in [2.45, 2.75) is 0 Å². The fourth-order valence-electron chi connectivity index (χ4n) is 0.755. The fraction of sp³-hybridized carbons (Fsp3) is 0. The average molecular weight is 367 g/mol. The Labute approximate surface area is 104 Å². The molecule has 0 saturated heterocycles. The number of halogens is 2. The van der Waals surface area contributed by atoms with Crippen molar-refractivity contribution in [3.05, 3.63) is 31.8 Å². The summed E-state index contributed by atoms with van der Waals surface area (Å²) < 4.78 is 2.16. The zero-order valence-corrected chi connectivity index (χ0v) is 10.9. The summed E-state index contributed by atoms with van der Waals surface area (Å²) in [5.41, 5.74) is 11.2. The summed E-state index contributed by atoms with van der Waals surface area (Å²) in [6.07, 6.45) is 1.58. The van der Waals surface area contributed by atoms with Gasteiger partial charge >= 0.3 is 0 Å². The van der Waals surface area contributed by atoms with Crippen LogP contribution in [0.4, 0.5) is 0 Å². The molecule has 0 atom stereocenters. The monoisotopic (exact) mass is 366 g/mol. The van der Waals surface area contributed by atoms with Crippen LogP contribution < -0.4 is 11.5 Å². The maximum Gasteiger partial charge on any atom is 0.211 e. The van der Waals surface area contributed by atoms with Gasteiger partial charge in [-0.2, -0.15) is 5.10 Å². The van der Waals surface area contributed by atoms with Gasteiger partial charge in [-0.05, 0) is 56.2 Å². The minimum Gasteiger partial charge on any atom is -0.369 e. The lowest BCUT2D eigenvalue weighted by Gasteiger charge is -1.96. The quantitative estimate of drug-likeness (QED) is 0.361. The van der Waals surface area contributed by atoms with Gasteiger partial charge in [-0.3, -0.25) is 0 Å². The van der Waals surface area contributed by atoms with Gasteiger partial charge in [0.15, 0.2) is 0 Å². The average Bonchev–Trinajstić information content (AvgIpc) is 2.10. The summed E-state index contributed by atoms with van der Waals surface area (Å²) >= 11 is 5.64. The Kier molecular flexibility index (Phi) is 4.33. The molecule has 4 nitrogen and oxygen atoms in total. The molecule has 0 bridgehead atoms. The number of hydrogen-bond donors (Lipinski definition) is 2. The molecule has 0 spiro atoms. The van der Waals surface area contributed by atoms with E-state index in [1.54, 1.807) is 6.21 Å². The summed E-state index contributed by atoms with van der Waals surface area (Å²) in [5.74, 6) is -0.0502. The first-order valence-corrected chi connectivity index (χ1v) is 5.54. The van der Waals surface area contributed by atoms with E-state index >= 15 is 0 Å². The molecular formula is C8H8BrIN4. The highest BCUT2D eigenvalue weighted by atomic mass is 127. The second-order valence-corrected chi connectivity index (χ2v) is 4.46. The highest BCUT2D eigenvalue weighted by Crippen LogP contribution is 2.19. The van der Waals surface area contributed by atoms with Crippen molar-refractivity contribution in [2.24, 2.45) is 21.7 Å². The molecule has 1 rings (SSSR count). The molecule has 4 N–H and O–H groups in total. The van der Waals surface area contributed by atoms with Gasteiger partial charge in [-0.15, -0.1) is 5.10 Å². The number of nitrogens with two attached hydrogens (primary N) is 2. The van der Waals surface area contributed by atoms with E-state index in [9.17, 15) is 0 Å². The van der Waals surface area contributed by atoms with E-state index in [-0.39, 0.29) is 5.96 Å². The molecular weight excluding hydrogens is 359 g/mol. The second-order valence-electron chi connectivity index (χ2n) is 2.44. The summed E-state index contributed by atoms with van der Waals surface area (Å²) in [4.78, 5) is 0. The van der Waals surface area contributed by atoms with E-state index in [2.05, 4.69) is 48.7 Å². The molecule has 0 saturated carbocycles. The van der Waals surface area contributed by atoms with Crippen LogP contribution in [0.2, 0.25) is 0 Å². The van der Waals surface area contributed by atoms with Gasteiger partial charge in [0.2, 0.25) is 5.96 Å². The Morgan fingerprint density at radius 1 is 1.43 bits per heavy atom. The normalized spacial score (nSPS) is 10.4. The standard InChI is InChI=1S/C8H8BrIN4/c9-6-3-5(1-2-7(6)10)4-13-14-8(11)12/h1-4H,(H4,11,12,14). The Hall–Kier alpha value is -0.630. The minimum absolute atomic E-state index is 0.0502. The van der Waals surface area contributed by atoms with Gasteiger partial charge in [-0.25, -0.2) is 0 Å². The van der Waals surface area contributed by atoms with E-state index in [1.807, 2.05) is 18.2 Å². The van der Waals surface area contributed by atoms with Crippen molar-refractivity contribution in [3.8, 4) is 0 Å². The first-order valence-electron chi connectivity index (χ1n) is 3.66. The third-order valence-corrected chi connectivity index (χ3v) is 3.66. The molecule has 0 aliphatic carbocycles. The second kappa shape index (κ2) is 5.30. The summed E-state index contributed by atoms with van der Waals surface area (Å²) in [6.45, 7) is 0. The third kappa shape index (κ3) is 3.62. The lowest BCUT2D eigenvalue weighted by molar-refractivity contribution is 1.21. The van der Waals surface area contributed by atoms with E-state index in [1.165, 1.54) is 0 Å². The number of guanidine groups is 1. The SMILES string of the molecule is NC(N)=NN=Cc1ccc(I)c(Br)c1. The molecule has 0 aromatic heterocycles. The van der Waals surface area contributed by atoms with E-state index in [0.29, 0.717) is 0 Å². The van der Waals surface area contributed by atoms with Crippen LogP contribution in [0.1, 0.15) is 5.56 Å². The summed E-state index contributed by atoms with van der Waals surface area (Å²) in [6, 6.07) is 5.84. The first-order chi connectivity index (χ1) is 6.59. The van der Waals surface area contributed by atoms with Crippen LogP contribution in [0.15, 0.2) is 32.9 Å². The molecule has 0 fully saturated rings. The molecule has 1 aromatic rings. The number of rotatable bonds is 2. The van der Waals surface area contributed by atoms with Gasteiger partial charge in [0, 0.05) is 8.04 Å². The minimum atomic E-state index is -0.0502. The maximum atomic E-state index is 5.11. The lowest BCUT2D eigenvalue weighted by atomic mass is 10.2. The Morgan fingerprint density at radius 2 is 2.14 bits per heavy atom. The van der Waals surface area contributed by atoms with E-state index in [4.69, 9.17) is 11.5 Å². The van der Waals surface area contributed by atoms with Gasteiger partial charge in [0.1, 0.15) is 0 Å². The number of nitrogens with zero attached hydrogens (tertiary/aromatic N) is 2. The predicted molar refractivity (Wildman–Crippen MR) is 70.3 cm³/mol. The van der Waals surface area contributed by atoms with Crippen molar-refractivity contribution >= 4 is 50.7 Å². The van der Waals surface area contributed by atoms with Crippen LogP contribution in [0.25, 0.3) is 0 Å². The smallest absolute Gasteiger partial charge is 0.211 e. The van der Waals surface area contributed by atoms with Crippen LogP contribution in [0, 0.1) is 3.57 Å². The molecule has 0 aliphatic rings. The third-order valence-electron chi connectivity index (χ3n) is 1.32. The zero-order valence-electron chi connectivity index (χ0n) is 7.11. The highest BCUT2D eigenvalue weighted by molar-refractivity contribution is 14.1. The molecule has 6 heteroatoms. The van der Waals surface area contributed by atoms with Crippen molar-refractivity contribution in [1.82, 2.24) is 0 Å². The topological polar surface area (TPSA) is 76.8 Å². The highest BCUT2D eigenvalue weighted by Gasteiger charge is 1.95. The predicted octanol–water partition coefficient (Wildman–Crippen LogP) is 1.66. The van der Waals surface area contributed by atoms with Gasteiger partial charge < -0.3 is 11.5 Å². The molecule has 0 unspecified atom stereocenters. The van der Waals surface area contributed by atoms with Crippen molar-refractivity contribution in [2.75, 3.05) is 0 Å². The van der Waals surface area contributed by atoms with Crippen LogP contribution >= 0.6 is 38.5 Å². The van der Waals surface area contributed by atoms with Crippen LogP contribution in [0.5, 0.6) is 0 Å². The lowest BCUT2D eigenvalue weighted by Crippen LogP contribution is -2.21. The first kappa shape index (κ1) is 11.4. The van der Waals surface area contributed by atoms with Gasteiger partial charge in [0.25, 0.3) is 0 Å². The summed E-state index contributed by atoms with van der Waals surface area (Å²) in [7, 11) is 0. The van der Waals surface area contributed by atoms with E-state index < -0.39 is 0 Å². The zero-order chi connectivity index (χ0) is 10.6. The number of benzene rings is 1. The Morgan fingerprint density at radius 3 is 2.71 bits per heavy atom. The van der Waals surface area contributed by atoms with Crippen LogP contribution in [-0.4, -0.2) is 12.2 Å². The van der Waals surface area contributed by atoms with Crippen molar-refractivity contribution < 1.29 is 0 Å². The Bertz CT molecular complexity index is 385.